The molecule has 1 fully saturated rings. The van der Waals surface area contributed by atoms with E-state index in [2.05, 4.69) is 63.0 Å². The predicted octanol–water partition coefficient (Wildman–Crippen LogP) is 4.31. The van der Waals surface area contributed by atoms with Crippen molar-refractivity contribution in [1.29, 1.82) is 0 Å². The topological polar surface area (TPSA) is 31.4 Å². The van der Waals surface area contributed by atoms with E-state index in [0.717, 1.165) is 6.32 Å². The van der Waals surface area contributed by atoms with Gasteiger partial charge in [0.05, 0.1) is 11.2 Å². The van der Waals surface area contributed by atoms with Gasteiger partial charge in [0.25, 0.3) is 0 Å². The van der Waals surface area contributed by atoms with E-state index in [1.54, 1.807) is 6.20 Å². The van der Waals surface area contributed by atoms with Gasteiger partial charge in [-0.2, -0.15) is 0 Å². The number of nitrogens with zero attached hydrogens (tertiary/aromatic N) is 1. The molecule has 2 heterocycles. The van der Waals surface area contributed by atoms with Gasteiger partial charge in [-0.1, -0.05) is 36.4 Å². The molecular weight excluding hydrogens is 285 g/mol. The van der Waals surface area contributed by atoms with E-state index < -0.39 is 0 Å². The van der Waals surface area contributed by atoms with Crippen LogP contribution in [0.25, 0.3) is 0 Å². The summed E-state index contributed by atoms with van der Waals surface area (Å²) in [6.45, 7) is 8.37. The van der Waals surface area contributed by atoms with Gasteiger partial charge in [0.15, 0.2) is 0 Å². The summed E-state index contributed by atoms with van der Waals surface area (Å²) in [6, 6.07) is 14.6. The van der Waals surface area contributed by atoms with E-state index in [0.29, 0.717) is 0 Å². The van der Waals surface area contributed by atoms with Gasteiger partial charge in [0.2, 0.25) is 0 Å². The number of hydrogen-bond donors (Lipinski definition) is 0. The molecule has 1 aliphatic rings. The van der Waals surface area contributed by atoms with Crippen molar-refractivity contribution in [2.75, 3.05) is 0 Å². The standard InChI is InChI=1S/C19H24BNO2/c1-18(2)19(3,4)23-20(22-18)13-17(15-9-6-5-7-10-15)16-11-8-12-21-14-16/h5-12,14,17H,13H2,1-4H3. The monoisotopic (exact) mass is 309 g/mol. The second kappa shape index (κ2) is 6.10. The lowest BCUT2D eigenvalue weighted by atomic mass is 9.72. The molecule has 1 unspecified atom stereocenters. The van der Waals surface area contributed by atoms with E-state index in [4.69, 9.17) is 9.31 Å². The van der Waals surface area contributed by atoms with Gasteiger partial charge in [-0.15, -0.1) is 0 Å². The summed E-state index contributed by atoms with van der Waals surface area (Å²) < 4.78 is 12.4. The van der Waals surface area contributed by atoms with Crippen LogP contribution in [0.4, 0.5) is 0 Å². The second-order valence-electron chi connectivity index (χ2n) is 7.17. The third-order valence-corrected chi connectivity index (χ3v) is 5.02. The van der Waals surface area contributed by atoms with Crippen LogP contribution in [0.5, 0.6) is 0 Å². The van der Waals surface area contributed by atoms with Crippen molar-refractivity contribution < 1.29 is 9.31 Å². The number of benzene rings is 1. The number of rotatable bonds is 4. The summed E-state index contributed by atoms with van der Waals surface area (Å²) in [5, 5.41) is 0. The maximum atomic E-state index is 6.19. The van der Waals surface area contributed by atoms with Crippen molar-refractivity contribution in [2.45, 2.75) is 51.1 Å². The molecular formula is C19H24BNO2. The fourth-order valence-electron chi connectivity index (χ4n) is 2.99. The molecule has 0 amide bonds. The summed E-state index contributed by atoms with van der Waals surface area (Å²) in [5.41, 5.74) is 1.85. The van der Waals surface area contributed by atoms with Crippen LogP contribution < -0.4 is 0 Å². The molecule has 1 aliphatic heterocycles. The molecule has 1 aromatic carbocycles. The lowest BCUT2D eigenvalue weighted by Gasteiger charge is -2.32. The normalized spacial score (nSPS) is 20.4. The predicted molar refractivity (Wildman–Crippen MR) is 93.4 cm³/mol. The molecule has 1 aromatic heterocycles. The lowest BCUT2D eigenvalue weighted by Crippen LogP contribution is -2.41. The highest BCUT2D eigenvalue weighted by Crippen LogP contribution is 2.40. The van der Waals surface area contributed by atoms with Crippen LogP contribution in [0.1, 0.15) is 44.7 Å². The molecule has 1 atom stereocenters. The Balaban J connectivity index is 1.87. The highest BCUT2D eigenvalue weighted by molar-refractivity contribution is 6.45. The molecule has 3 rings (SSSR count). The summed E-state index contributed by atoms with van der Waals surface area (Å²) >= 11 is 0. The maximum Gasteiger partial charge on any atom is 0.458 e. The molecule has 0 N–H and O–H groups in total. The maximum absolute atomic E-state index is 6.19. The van der Waals surface area contributed by atoms with Gasteiger partial charge in [-0.3, -0.25) is 4.98 Å². The molecule has 0 bridgehead atoms. The van der Waals surface area contributed by atoms with Gasteiger partial charge in [0.1, 0.15) is 0 Å². The van der Waals surface area contributed by atoms with Crippen molar-refractivity contribution in [3.63, 3.8) is 0 Å². The van der Waals surface area contributed by atoms with Crippen LogP contribution in [0, 0.1) is 0 Å². The van der Waals surface area contributed by atoms with Crippen LogP contribution in [0.15, 0.2) is 54.9 Å². The van der Waals surface area contributed by atoms with E-state index in [1.165, 1.54) is 11.1 Å². The van der Waals surface area contributed by atoms with Crippen molar-refractivity contribution in [3.8, 4) is 0 Å². The molecule has 0 aliphatic carbocycles. The van der Waals surface area contributed by atoms with Crippen molar-refractivity contribution >= 4 is 7.12 Å². The van der Waals surface area contributed by atoms with Gasteiger partial charge in [0, 0.05) is 18.3 Å². The molecule has 2 aromatic rings. The van der Waals surface area contributed by atoms with Crippen molar-refractivity contribution in [3.05, 3.63) is 66.0 Å². The third kappa shape index (κ3) is 3.33. The molecule has 4 heteroatoms. The van der Waals surface area contributed by atoms with Crippen LogP contribution in [-0.2, 0) is 9.31 Å². The minimum atomic E-state index is -0.298. The average molecular weight is 309 g/mol. The summed E-state index contributed by atoms with van der Waals surface area (Å²) in [7, 11) is -0.217. The Hall–Kier alpha value is -1.65. The van der Waals surface area contributed by atoms with Gasteiger partial charge >= 0.3 is 7.12 Å². The molecule has 0 spiro atoms. The fourth-order valence-corrected chi connectivity index (χ4v) is 2.99. The first kappa shape index (κ1) is 16.2. The SMILES string of the molecule is CC1(C)OB(CC(c2ccccc2)c2cccnc2)OC1(C)C. The first-order valence-corrected chi connectivity index (χ1v) is 8.19. The van der Waals surface area contributed by atoms with E-state index in [1.807, 2.05) is 18.3 Å². The Morgan fingerprint density at radius 2 is 1.52 bits per heavy atom. The Morgan fingerprint density at radius 1 is 0.913 bits per heavy atom. The number of hydrogen-bond acceptors (Lipinski definition) is 3. The zero-order valence-electron chi connectivity index (χ0n) is 14.3. The Labute approximate surface area is 139 Å². The minimum absolute atomic E-state index is 0.208. The van der Waals surface area contributed by atoms with E-state index in [9.17, 15) is 0 Å². The Morgan fingerprint density at radius 3 is 2.09 bits per heavy atom. The molecule has 23 heavy (non-hydrogen) atoms. The second-order valence-corrected chi connectivity index (χ2v) is 7.17. The fraction of sp³-hybridized carbons (Fsp3) is 0.421. The quantitative estimate of drug-likeness (QED) is 0.789. The van der Waals surface area contributed by atoms with Gasteiger partial charge < -0.3 is 9.31 Å². The summed E-state index contributed by atoms with van der Waals surface area (Å²) in [6.07, 6.45) is 4.52. The number of pyridine rings is 1. The van der Waals surface area contributed by atoms with Crippen molar-refractivity contribution in [2.24, 2.45) is 0 Å². The molecule has 0 saturated carbocycles. The van der Waals surface area contributed by atoms with Gasteiger partial charge in [-0.05, 0) is 51.2 Å². The average Bonchev–Trinajstić information content (AvgIpc) is 2.74. The lowest BCUT2D eigenvalue weighted by molar-refractivity contribution is 0.00578. The van der Waals surface area contributed by atoms with Gasteiger partial charge in [-0.25, -0.2) is 0 Å². The first-order chi connectivity index (χ1) is 10.9. The smallest absolute Gasteiger partial charge is 0.403 e. The third-order valence-electron chi connectivity index (χ3n) is 5.02. The summed E-state index contributed by atoms with van der Waals surface area (Å²) in [5.74, 6) is 0.208. The van der Waals surface area contributed by atoms with Crippen LogP contribution in [0.3, 0.4) is 0 Å². The van der Waals surface area contributed by atoms with E-state index in [-0.39, 0.29) is 24.2 Å². The van der Waals surface area contributed by atoms with Crippen LogP contribution >= 0.6 is 0 Å². The van der Waals surface area contributed by atoms with Crippen molar-refractivity contribution in [1.82, 2.24) is 4.98 Å². The molecule has 0 radical (unpaired) electrons. The zero-order chi connectivity index (χ0) is 16.5. The molecule has 1 saturated heterocycles. The largest absolute Gasteiger partial charge is 0.458 e. The number of aromatic nitrogens is 1. The Kier molecular flexibility index (Phi) is 4.30. The summed E-state index contributed by atoms with van der Waals surface area (Å²) in [4.78, 5) is 4.28. The van der Waals surface area contributed by atoms with Crippen LogP contribution in [-0.4, -0.2) is 23.3 Å². The highest BCUT2D eigenvalue weighted by Gasteiger charge is 2.51. The minimum Gasteiger partial charge on any atom is -0.403 e. The zero-order valence-corrected chi connectivity index (χ0v) is 14.3. The van der Waals surface area contributed by atoms with E-state index >= 15 is 0 Å². The molecule has 120 valence electrons. The molecule has 3 nitrogen and oxygen atoms in total. The highest BCUT2D eigenvalue weighted by atomic mass is 16.7. The Bertz CT molecular complexity index is 587. The van der Waals surface area contributed by atoms with Crippen LogP contribution in [0.2, 0.25) is 6.32 Å². The first-order valence-electron chi connectivity index (χ1n) is 8.19.